The number of piperidine rings is 1. The zero-order valence-corrected chi connectivity index (χ0v) is 9.78. The third kappa shape index (κ3) is 2.11. The second kappa shape index (κ2) is 4.26. The van der Waals surface area contributed by atoms with Gasteiger partial charge in [-0.3, -0.25) is 4.90 Å². The average Bonchev–Trinajstić information content (AvgIpc) is 2.26. The first-order chi connectivity index (χ1) is 7.15. The monoisotopic (exact) mass is 209 g/mol. The molecule has 86 valence electrons. The van der Waals surface area contributed by atoms with E-state index >= 15 is 0 Å². The van der Waals surface area contributed by atoms with E-state index in [4.69, 9.17) is 0 Å². The molecule has 0 aromatic heterocycles. The molecular weight excluding hydrogens is 186 g/mol. The Morgan fingerprint density at radius 3 is 3.00 bits per heavy atom. The fraction of sp³-hybridized carbons (Fsp3) is 0.846. The fourth-order valence-electron chi connectivity index (χ4n) is 3.12. The normalized spacial score (nSPS) is 39.5. The van der Waals surface area contributed by atoms with Gasteiger partial charge in [-0.15, -0.1) is 6.58 Å². The molecule has 0 aromatic rings. The van der Waals surface area contributed by atoms with Crippen LogP contribution in [0.3, 0.4) is 0 Å². The number of hydrogen-bond acceptors (Lipinski definition) is 2. The van der Waals surface area contributed by atoms with Crippen LogP contribution in [0.25, 0.3) is 0 Å². The van der Waals surface area contributed by atoms with Gasteiger partial charge in [-0.1, -0.05) is 18.9 Å². The highest BCUT2D eigenvalue weighted by Gasteiger charge is 2.43. The van der Waals surface area contributed by atoms with Gasteiger partial charge in [0.2, 0.25) is 0 Å². The molecule has 1 saturated carbocycles. The molecule has 2 rings (SSSR count). The summed E-state index contributed by atoms with van der Waals surface area (Å²) < 4.78 is 0. The molecule has 2 heteroatoms. The zero-order chi connectivity index (χ0) is 10.9. The summed E-state index contributed by atoms with van der Waals surface area (Å²) in [4.78, 5) is 2.46. The van der Waals surface area contributed by atoms with E-state index in [9.17, 15) is 5.11 Å². The Morgan fingerprint density at radius 1 is 1.47 bits per heavy atom. The minimum atomic E-state index is -0.338. The SMILES string of the molecule is C=CC(C)N1CCC2(O)CCCCC2C1. The van der Waals surface area contributed by atoms with Crippen LogP contribution >= 0.6 is 0 Å². The van der Waals surface area contributed by atoms with Gasteiger partial charge in [0, 0.05) is 25.0 Å². The molecule has 1 aliphatic carbocycles. The second-order valence-electron chi connectivity index (χ2n) is 5.27. The predicted octanol–water partition coefficient (Wildman–Crippen LogP) is 2.19. The Kier molecular flexibility index (Phi) is 3.17. The fourth-order valence-corrected chi connectivity index (χ4v) is 3.12. The van der Waals surface area contributed by atoms with E-state index in [2.05, 4.69) is 18.4 Å². The van der Waals surface area contributed by atoms with Crippen LogP contribution in [0.2, 0.25) is 0 Å². The first kappa shape index (κ1) is 11.2. The Hall–Kier alpha value is -0.340. The predicted molar refractivity (Wildman–Crippen MR) is 62.8 cm³/mol. The maximum atomic E-state index is 10.5. The maximum absolute atomic E-state index is 10.5. The van der Waals surface area contributed by atoms with E-state index in [-0.39, 0.29) is 5.60 Å². The average molecular weight is 209 g/mol. The van der Waals surface area contributed by atoms with E-state index < -0.39 is 0 Å². The summed E-state index contributed by atoms with van der Waals surface area (Å²) in [5.41, 5.74) is -0.338. The Labute approximate surface area is 93.0 Å². The molecule has 3 atom stereocenters. The summed E-state index contributed by atoms with van der Waals surface area (Å²) in [6, 6.07) is 0.455. The highest BCUT2D eigenvalue weighted by molar-refractivity contribution is 4.98. The van der Waals surface area contributed by atoms with Gasteiger partial charge in [0.05, 0.1) is 5.60 Å². The van der Waals surface area contributed by atoms with E-state index in [0.717, 1.165) is 25.9 Å². The van der Waals surface area contributed by atoms with Gasteiger partial charge in [-0.2, -0.15) is 0 Å². The number of nitrogens with zero attached hydrogens (tertiary/aromatic N) is 1. The third-order valence-electron chi connectivity index (χ3n) is 4.38. The highest BCUT2D eigenvalue weighted by atomic mass is 16.3. The van der Waals surface area contributed by atoms with Crippen LogP contribution in [0.15, 0.2) is 12.7 Å². The molecule has 1 heterocycles. The number of fused-ring (bicyclic) bond motifs is 1. The molecule has 0 spiro atoms. The van der Waals surface area contributed by atoms with Gasteiger partial charge < -0.3 is 5.11 Å². The molecule has 3 unspecified atom stereocenters. The van der Waals surface area contributed by atoms with Gasteiger partial charge in [-0.25, -0.2) is 0 Å². The van der Waals surface area contributed by atoms with Crippen LogP contribution in [0.5, 0.6) is 0 Å². The largest absolute Gasteiger partial charge is 0.390 e. The van der Waals surface area contributed by atoms with Crippen molar-refractivity contribution in [2.75, 3.05) is 13.1 Å². The first-order valence-corrected chi connectivity index (χ1v) is 6.25. The minimum absolute atomic E-state index is 0.338. The second-order valence-corrected chi connectivity index (χ2v) is 5.27. The molecule has 1 aliphatic heterocycles. The molecule has 0 aromatic carbocycles. The Morgan fingerprint density at radius 2 is 2.27 bits per heavy atom. The summed E-state index contributed by atoms with van der Waals surface area (Å²) in [5.74, 6) is 0.502. The molecule has 0 radical (unpaired) electrons. The van der Waals surface area contributed by atoms with Crippen LogP contribution in [-0.4, -0.2) is 34.7 Å². The maximum Gasteiger partial charge on any atom is 0.0700 e. The van der Waals surface area contributed by atoms with E-state index in [1.165, 1.54) is 19.3 Å². The molecule has 0 amide bonds. The standard InChI is InChI=1S/C13H23NO/c1-3-11(2)14-9-8-13(15)7-5-4-6-12(13)10-14/h3,11-12,15H,1,4-10H2,2H3. The third-order valence-corrected chi connectivity index (χ3v) is 4.38. The van der Waals surface area contributed by atoms with Crippen LogP contribution in [0, 0.1) is 5.92 Å². The van der Waals surface area contributed by atoms with Crippen LogP contribution in [-0.2, 0) is 0 Å². The van der Waals surface area contributed by atoms with Crippen molar-refractivity contribution in [1.29, 1.82) is 0 Å². The summed E-state index contributed by atoms with van der Waals surface area (Å²) in [7, 11) is 0. The van der Waals surface area contributed by atoms with Gasteiger partial charge in [0.15, 0.2) is 0 Å². The van der Waals surface area contributed by atoms with Crippen molar-refractivity contribution in [3.05, 3.63) is 12.7 Å². The lowest BCUT2D eigenvalue weighted by atomic mass is 9.71. The number of likely N-dealkylation sites (tertiary alicyclic amines) is 1. The molecule has 15 heavy (non-hydrogen) atoms. The van der Waals surface area contributed by atoms with Crippen LogP contribution in [0.4, 0.5) is 0 Å². The van der Waals surface area contributed by atoms with Crippen molar-refractivity contribution in [2.24, 2.45) is 5.92 Å². The molecular formula is C13H23NO. The molecule has 2 fully saturated rings. The van der Waals surface area contributed by atoms with Crippen LogP contribution in [0.1, 0.15) is 39.0 Å². The molecule has 1 saturated heterocycles. The van der Waals surface area contributed by atoms with E-state index in [1.807, 2.05) is 6.08 Å². The highest BCUT2D eigenvalue weighted by Crippen LogP contribution is 2.40. The van der Waals surface area contributed by atoms with Crippen molar-refractivity contribution in [3.63, 3.8) is 0 Å². The van der Waals surface area contributed by atoms with Crippen molar-refractivity contribution in [1.82, 2.24) is 4.90 Å². The summed E-state index contributed by atoms with van der Waals surface area (Å²) in [5, 5.41) is 10.5. The number of hydrogen-bond donors (Lipinski definition) is 1. The zero-order valence-electron chi connectivity index (χ0n) is 9.78. The molecule has 1 N–H and O–H groups in total. The number of aliphatic hydroxyl groups is 1. The lowest BCUT2D eigenvalue weighted by molar-refractivity contribution is -0.0984. The van der Waals surface area contributed by atoms with Gasteiger partial charge in [0.1, 0.15) is 0 Å². The molecule has 2 aliphatic rings. The van der Waals surface area contributed by atoms with Crippen LogP contribution < -0.4 is 0 Å². The van der Waals surface area contributed by atoms with Crippen molar-refractivity contribution >= 4 is 0 Å². The number of rotatable bonds is 2. The van der Waals surface area contributed by atoms with E-state index in [1.54, 1.807) is 0 Å². The first-order valence-electron chi connectivity index (χ1n) is 6.25. The van der Waals surface area contributed by atoms with Gasteiger partial charge in [0.25, 0.3) is 0 Å². The topological polar surface area (TPSA) is 23.5 Å². The lowest BCUT2D eigenvalue weighted by Gasteiger charge is -2.48. The van der Waals surface area contributed by atoms with Crippen molar-refractivity contribution < 1.29 is 5.11 Å². The van der Waals surface area contributed by atoms with Crippen molar-refractivity contribution in [3.8, 4) is 0 Å². The van der Waals surface area contributed by atoms with Gasteiger partial charge in [-0.05, 0) is 26.2 Å². The lowest BCUT2D eigenvalue weighted by Crippen LogP contribution is -2.54. The Bertz CT molecular complexity index is 241. The smallest absolute Gasteiger partial charge is 0.0700 e. The minimum Gasteiger partial charge on any atom is -0.390 e. The van der Waals surface area contributed by atoms with Crippen molar-refractivity contribution in [2.45, 2.75) is 50.7 Å². The molecule has 2 nitrogen and oxygen atoms in total. The van der Waals surface area contributed by atoms with Gasteiger partial charge >= 0.3 is 0 Å². The van der Waals surface area contributed by atoms with E-state index in [0.29, 0.717) is 12.0 Å². The summed E-state index contributed by atoms with van der Waals surface area (Å²) in [6.07, 6.45) is 7.70. The summed E-state index contributed by atoms with van der Waals surface area (Å²) in [6.45, 7) is 8.13. The molecule has 0 bridgehead atoms. The Balaban J connectivity index is 2.01. The quantitative estimate of drug-likeness (QED) is 0.705. The summed E-state index contributed by atoms with van der Waals surface area (Å²) >= 11 is 0.